The third-order valence-corrected chi connectivity index (χ3v) is 6.96. The molecular weight excluding hydrogens is 504 g/mol. The summed E-state index contributed by atoms with van der Waals surface area (Å²) in [7, 11) is 2.99. The van der Waals surface area contributed by atoms with Crippen molar-refractivity contribution in [2.45, 2.75) is 19.1 Å². The van der Waals surface area contributed by atoms with E-state index in [-0.39, 0.29) is 18.0 Å². The molecule has 3 aromatic rings. The number of ether oxygens (including phenoxy) is 3. The first-order chi connectivity index (χ1) is 18.4. The molecule has 1 fully saturated rings. The van der Waals surface area contributed by atoms with E-state index in [9.17, 15) is 9.59 Å². The highest BCUT2D eigenvalue weighted by molar-refractivity contribution is 6.30. The fourth-order valence-electron chi connectivity index (χ4n) is 4.47. The van der Waals surface area contributed by atoms with Gasteiger partial charge in [0.25, 0.3) is 0 Å². The van der Waals surface area contributed by atoms with Crippen molar-refractivity contribution in [3.8, 4) is 5.75 Å². The minimum atomic E-state index is -0.363. The van der Waals surface area contributed by atoms with Gasteiger partial charge in [0, 0.05) is 37.7 Å². The van der Waals surface area contributed by atoms with E-state index < -0.39 is 0 Å². The number of nitrogens with zero attached hydrogens (tertiary/aromatic N) is 2. The minimum absolute atomic E-state index is 0.124. The maximum absolute atomic E-state index is 12.9. The number of rotatable bonds is 10. The van der Waals surface area contributed by atoms with Crippen LogP contribution in [0.5, 0.6) is 5.75 Å². The van der Waals surface area contributed by atoms with Gasteiger partial charge in [-0.2, -0.15) is 0 Å². The van der Waals surface area contributed by atoms with Gasteiger partial charge in [0.1, 0.15) is 5.75 Å². The number of methoxy groups -OCH3 is 2. The standard InChI is InChI=1S/C30H33ClN2O5/c1-36-27-5-3-4-23(18-27)19-29(34)33-16-14-32(15-17-33)20-28(24-10-12-26(31)13-11-24)38-21-22-6-8-25(9-7-22)30(35)37-2/h3-13,18,28H,14-17,19-21H2,1-2H3. The predicted octanol–water partition coefficient (Wildman–Crippen LogP) is 4.78. The van der Waals surface area contributed by atoms with Crippen LogP contribution in [0.4, 0.5) is 0 Å². The summed E-state index contributed by atoms with van der Waals surface area (Å²) in [6, 6.07) is 22.6. The molecule has 1 unspecified atom stereocenters. The first kappa shape index (κ1) is 27.6. The lowest BCUT2D eigenvalue weighted by Crippen LogP contribution is -2.50. The maximum Gasteiger partial charge on any atom is 0.337 e. The molecule has 0 aromatic heterocycles. The quantitative estimate of drug-likeness (QED) is 0.347. The fraction of sp³-hybridized carbons (Fsp3) is 0.333. The van der Waals surface area contributed by atoms with Crippen molar-refractivity contribution < 1.29 is 23.8 Å². The van der Waals surface area contributed by atoms with Crippen LogP contribution in [0.3, 0.4) is 0 Å². The Bertz CT molecular complexity index is 1210. The molecule has 1 aliphatic heterocycles. The van der Waals surface area contributed by atoms with Gasteiger partial charge in [0.15, 0.2) is 0 Å². The average molecular weight is 537 g/mol. The van der Waals surface area contributed by atoms with Gasteiger partial charge in [-0.05, 0) is 53.1 Å². The highest BCUT2D eigenvalue weighted by atomic mass is 35.5. The van der Waals surface area contributed by atoms with Crippen LogP contribution in [0.25, 0.3) is 0 Å². The van der Waals surface area contributed by atoms with Crippen molar-refractivity contribution in [3.63, 3.8) is 0 Å². The number of hydrogen-bond donors (Lipinski definition) is 0. The first-order valence-electron chi connectivity index (χ1n) is 12.6. The average Bonchev–Trinajstić information content (AvgIpc) is 2.96. The van der Waals surface area contributed by atoms with E-state index in [4.69, 9.17) is 25.8 Å². The lowest BCUT2D eigenvalue weighted by atomic mass is 10.1. The van der Waals surface area contributed by atoms with E-state index in [0.717, 1.165) is 35.5 Å². The lowest BCUT2D eigenvalue weighted by molar-refractivity contribution is -0.132. The van der Waals surface area contributed by atoms with Crippen molar-refractivity contribution in [1.82, 2.24) is 9.80 Å². The smallest absolute Gasteiger partial charge is 0.337 e. The zero-order valence-corrected chi connectivity index (χ0v) is 22.5. The van der Waals surface area contributed by atoms with Gasteiger partial charge in [0.05, 0.1) is 38.9 Å². The van der Waals surface area contributed by atoms with Gasteiger partial charge >= 0.3 is 5.97 Å². The second kappa shape index (κ2) is 13.4. The normalized spacial score (nSPS) is 14.7. The van der Waals surface area contributed by atoms with Crippen LogP contribution in [0.2, 0.25) is 5.02 Å². The Hall–Kier alpha value is -3.39. The molecule has 1 aliphatic rings. The molecule has 0 spiro atoms. The Labute approximate surface area is 228 Å². The van der Waals surface area contributed by atoms with E-state index in [1.807, 2.05) is 65.6 Å². The number of esters is 1. The molecule has 4 rings (SSSR count). The number of benzene rings is 3. The van der Waals surface area contributed by atoms with Gasteiger partial charge in [0.2, 0.25) is 5.91 Å². The van der Waals surface area contributed by atoms with Crippen molar-refractivity contribution in [3.05, 3.63) is 100 Å². The molecule has 3 aromatic carbocycles. The summed E-state index contributed by atoms with van der Waals surface area (Å²) in [6.07, 6.45) is 0.189. The summed E-state index contributed by atoms with van der Waals surface area (Å²) in [5, 5.41) is 0.675. The molecule has 0 saturated carbocycles. The van der Waals surface area contributed by atoms with E-state index >= 15 is 0 Å². The summed E-state index contributed by atoms with van der Waals surface area (Å²) in [5.74, 6) is 0.518. The van der Waals surface area contributed by atoms with Crippen LogP contribution in [0.1, 0.15) is 33.2 Å². The van der Waals surface area contributed by atoms with Gasteiger partial charge < -0.3 is 19.1 Å². The summed E-state index contributed by atoms with van der Waals surface area (Å²) in [6.45, 7) is 3.97. The van der Waals surface area contributed by atoms with Crippen molar-refractivity contribution in [2.24, 2.45) is 0 Å². The van der Waals surface area contributed by atoms with E-state index in [0.29, 0.717) is 43.2 Å². The monoisotopic (exact) mass is 536 g/mol. The zero-order chi connectivity index (χ0) is 26.9. The minimum Gasteiger partial charge on any atom is -0.497 e. The zero-order valence-electron chi connectivity index (χ0n) is 21.8. The van der Waals surface area contributed by atoms with Crippen molar-refractivity contribution >= 4 is 23.5 Å². The topological polar surface area (TPSA) is 68.3 Å². The molecular formula is C30H33ClN2O5. The molecule has 1 saturated heterocycles. The highest BCUT2D eigenvalue weighted by Gasteiger charge is 2.24. The Morgan fingerprint density at radius 2 is 1.61 bits per heavy atom. The third-order valence-electron chi connectivity index (χ3n) is 6.71. The third kappa shape index (κ3) is 7.57. The summed E-state index contributed by atoms with van der Waals surface area (Å²) in [4.78, 5) is 28.9. The van der Waals surface area contributed by atoms with Crippen LogP contribution < -0.4 is 4.74 Å². The lowest BCUT2D eigenvalue weighted by Gasteiger charge is -2.36. The molecule has 7 nitrogen and oxygen atoms in total. The van der Waals surface area contributed by atoms with Crippen LogP contribution >= 0.6 is 11.6 Å². The summed E-state index contributed by atoms with van der Waals surface area (Å²) >= 11 is 6.12. The summed E-state index contributed by atoms with van der Waals surface area (Å²) in [5.41, 5.74) is 3.46. The molecule has 0 N–H and O–H groups in total. The summed E-state index contributed by atoms with van der Waals surface area (Å²) < 4.78 is 16.4. The Morgan fingerprint density at radius 3 is 2.26 bits per heavy atom. The van der Waals surface area contributed by atoms with Crippen LogP contribution in [-0.2, 0) is 27.3 Å². The molecule has 1 heterocycles. The van der Waals surface area contributed by atoms with E-state index in [1.165, 1.54) is 7.11 Å². The number of amides is 1. The van der Waals surface area contributed by atoms with Crippen molar-refractivity contribution in [2.75, 3.05) is 46.9 Å². The molecule has 1 atom stereocenters. The molecule has 0 aliphatic carbocycles. The second-order valence-electron chi connectivity index (χ2n) is 9.25. The van der Waals surface area contributed by atoms with Gasteiger partial charge in [-0.15, -0.1) is 0 Å². The molecule has 1 amide bonds. The molecule has 0 radical (unpaired) electrons. The SMILES string of the molecule is COC(=O)c1ccc(COC(CN2CCN(C(=O)Cc3cccc(OC)c3)CC2)c2ccc(Cl)cc2)cc1. The fourth-order valence-corrected chi connectivity index (χ4v) is 4.59. The van der Waals surface area contributed by atoms with Crippen LogP contribution in [0.15, 0.2) is 72.8 Å². The Kier molecular flexibility index (Phi) is 9.76. The van der Waals surface area contributed by atoms with E-state index in [1.54, 1.807) is 19.2 Å². The number of carbonyl (C=O) groups excluding carboxylic acids is 2. The number of carbonyl (C=O) groups is 2. The second-order valence-corrected chi connectivity index (χ2v) is 9.69. The number of piperazine rings is 1. The Morgan fingerprint density at radius 1 is 0.895 bits per heavy atom. The Balaban J connectivity index is 1.34. The van der Waals surface area contributed by atoms with Gasteiger partial charge in [-0.3, -0.25) is 9.69 Å². The molecule has 200 valence electrons. The number of halogens is 1. The first-order valence-corrected chi connectivity index (χ1v) is 13.0. The van der Waals surface area contributed by atoms with Gasteiger partial charge in [-0.1, -0.05) is 48.0 Å². The van der Waals surface area contributed by atoms with Crippen molar-refractivity contribution in [1.29, 1.82) is 0 Å². The van der Waals surface area contributed by atoms with Crippen LogP contribution in [0, 0.1) is 0 Å². The predicted molar refractivity (Wildman–Crippen MR) is 146 cm³/mol. The van der Waals surface area contributed by atoms with E-state index in [2.05, 4.69) is 4.90 Å². The number of hydrogen-bond acceptors (Lipinski definition) is 6. The maximum atomic E-state index is 12.9. The molecule has 38 heavy (non-hydrogen) atoms. The highest BCUT2D eigenvalue weighted by Crippen LogP contribution is 2.24. The van der Waals surface area contributed by atoms with Gasteiger partial charge in [-0.25, -0.2) is 4.79 Å². The van der Waals surface area contributed by atoms with Crippen LogP contribution in [-0.4, -0.2) is 68.6 Å². The largest absolute Gasteiger partial charge is 0.497 e. The molecule has 8 heteroatoms. The molecule has 0 bridgehead atoms.